The Kier molecular flexibility index (Phi) is 6.12. The van der Waals surface area contributed by atoms with Crippen molar-refractivity contribution in [2.75, 3.05) is 17.2 Å². The lowest BCUT2D eigenvalue weighted by Crippen LogP contribution is -2.33. The zero-order chi connectivity index (χ0) is 22.0. The van der Waals surface area contributed by atoms with Crippen LogP contribution < -0.4 is 4.90 Å². The van der Waals surface area contributed by atoms with Crippen LogP contribution in [0.15, 0.2) is 53.7 Å². The lowest BCUT2D eigenvalue weighted by Gasteiger charge is -2.22. The quantitative estimate of drug-likeness (QED) is 0.378. The predicted molar refractivity (Wildman–Crippen MR) is 125 cm³/mol. The molecule has 0 saturated carbocycles. The van der Waals surface area contributed by atoms with Gasteiger partial charge >= 0.3 is 0 Å². The summed E-state index contributed by atoms with van der Waals surface area (Å²) >= 11 is 7.47. The number of rotatable bonds is 6. The van der Waals surface area contributed by atoms with E-state index in [1.165, 1.54) is 11.8 Å². The largest absolute Gasteiger partial charge is 0.311 e. The molecule has 0 unspecified atom stereocenters. The molecular weight excluding hydrogens is 430 g/mol. The highest BCUT2D eigenvalue weighted by Crippen LogP contribution is 2.27. The fourth-order valence-corrected chi connectivity index (χ4v) is 4.47. The first kappa shape index (κ1) is 21.2. The second-order valence-corrected chi connectivity index (χ2v) is 8.55. The summed E-state index contributed by atoms with van der Waals surface area (Å²) in [6.07, 6.45) is 0.246. The van der Waals surface area contributed by atoms with Gasteiger partial charge in [-0.3, -0.25) is 9.20 Å². The molecule has 6 nitrogen and oxygen atoms in total. The number of aromatic nitrogens is 3. The Balaban J connectivity index is 1.62. The van der Waals surface area contributed by atoms with Gasteiger partial charge in [-0.1, -0.05) is 41.6 Å². The molecule has 156 valence electrons. The van der Waals surface area contributed by atoms with Gasteiger partial charge in [0.05, 0.1) is 23.8 Å². The number of hydrogen-bond donors (Lipinski definition) is 0. The van der Waals surface area contributed by atoms with Crippen molar-refractivity contribution in [1.82, 2.24) is 14.6 Å². The number of hydrogen-bond acceptors (Lipinski definition) is 5. The van der Waals surface area contributed by atoms with Crippen molar-refractivity contribution < 1.29 is 4.79 Å². The summed E-state index contributed by atoms with van der Waals surface area (Å²) in [4.78, 5) is 14.7. The summed E-state index contributed by atoms with van der Waals surface area (Å²) in [5.74, 6) is 0.0750. The molecule has 0 bridgehead atoms. The molecule has 0 saturated heterocycles. The van der Waals surface area contributed by atoms with Crippen LogP contribution in [0.4, 0.5) is 5.69 Å². The number of carbonyl (C=O) groups excluding carboxylic acids is 1. The number of anilines is 1. The highest BCUT2D eigenvalue weighted by molar-refractivity contribution is 7.99. The average Bonchev–Trinajstić information content (AvgIpc) is 3.18. The Bertz CT molecular complexity index is 1330. The Morgan fingerprint density at radius 1 is 1.16 bits per heavy atom. The second kappa shape index (κ2) is 8.96. The Morgan fingerprint density at radius 2 is 1.97 bits per heavy atom. The third-order valence-electron chi connectivity index (χ3n) is 5.10. The van der Waals surface area contributed by atoms with E-state index in [-0.39, 0.29) is 18.1 Å². The minimum Gasteiger partial charge on any atom is -0.311 e. The monoisotopic (exact) mass is 449 g/mol. The van der Waals surface area contributed by atoms with E-state index in [1.54, 1.807) is 17.0 Å². The number of amides is 1. The highest BCUT2D eigenvalue weighted by atomic mass is 35.5. The zero-order valence-corrected chi connectivity index (χ0v) is 18.7. The summed E-state index contributed by atoms with van der Waals surface area (Å²) in [6, 6.07) is 17.6. The molecule has 0 fully saturated rings. The van der Waals surface area contributed by atoms with Crippen molar-refractivity contribution in [2.45, 2.75) is 25.4 Å². The van der Waals surface area contributed by atoms with E-state index in [9.17, 15) is 4.79 Å². The fourth-order valence-electron chi connectivity index (χ4n) is 3.53. The number of pyridine rings is 1. The predicted octanol–water partition coefficient (Wildman–Crippen LogP) is 5.19. The summed E-state index contributed by atoms with van der Waals surface area (Å²) in [5.41, 5.74) is 4.50. The first-order chi connectivity index (χ1) is 15.0. The van der Waals surface area contributed by atoms with Gasteiger partial charge in [0.1, 0.15) is 0 Å². The number of nitriles is 1. The minimum absolute atomic E-state index is 0.102. The van der Waals surface area contributed by atoms with E-state index >= 15 is 0 Å². The normalized spacial score (nSPS) is 11.0. The van der Waals surface area contributed by atoms with Gasteiger partial charge in [-0.05, 0) is 55.3 Å². The van der Waals surface area contributed by atoms with Crippen molar-refractivity contribution in [3.8, 4) is 6.07 Å². The van der Waals surface area contributed by atoms with Crippen LogP contribution in [0.5, 0.6) is 0 Å². The molecule has 2 heterocycles. The topological polar surface area (TPSA) is 74.3 Å². The lowest BCUT2D eigenvalue weighted by atomic mass is 10.1. The maximum Gasteiger partial charge on any atom is 0.237 e. The number of carbonyl (C=O) groups is 1. The van der Waals surface area contributed by atoms with Crippen LogP contribution in [0.1, 0.15) is 17.5 Å². The van der Waals surface area contributed by atoms with Crippen LogP contribution in [-0.4, -0.2) is 32.8 Å². The van der Waals surface area contributed by atoms with Gasteiger partial charge in [-0.25, -0.2) is 0 Å². The number of aryl methyl sites for hydroxylation is 2. The fraction of sp³-hybridized carbons (Fsp3) is 0.217. The third-order valence-corrected chi connectivity index (χ3v) is 6.44. The van der Waals surface area contributed by atoms with Gasteiger partial charge in [-0.15, -0.1) is 10.2 Å². The number of fused-ring (bicyclic) bond motifs is 3. The molecule has 0 aliphatic carbocycles. The van der Waals surface area contributed by atoms with Crippen LogP contribution in [0.3, 0.4) is 0 Å². The van der Waals surface area contributed by atoms with E-state index in [4.69, 9.17) is 16.9 Å². The molecule has 0 aliphatic rings. The summed E-state index contributed by atoms with van der Waals surface area (Å²) in [7, 11) is 0. The molecule has 4 aromatic rings. The Morgan fingerprint density at radius 3 is 2.74 bits per heavy atom. The summed E-state index contributed by atoms with van der Waals surface area (Å²) in [5, 5.41) is 20.1. The molecule has 0 radical (unpaired) electrons. The number of para-hydroxylation sites is 1. The van der Waals surface area contributed by atoms with Crippen LogP contribution in [0.25, 0.3) is 16.6 Å². The lowest BCUT2D eigenvalue weighted by molar-refractivity contribution is -0.116. The van der Waals surface area contributed by atoms with Crippen molar-refractivity contribution >= 4 is 51.5 Å². The van der Waals surface area contributed by atoms with Gasteiger partial charge in [0, 0.05) is 22.6 Å². The highest BCUT2D eigenvalue weighted by Gasteiger charge is 2.19. The van der Waals surface area contributed by atoms with E-state index in [0.29, 0.717) is 16.7 Å². The van der Waals surface area contributed by atoms with Crippen molar-refractivity contribution in [1.29, 1.82) is 5.26 Å². The number of nitrogens with zero attached hydrogens (tertiary/aromatic N) is 5. The van der Waals surface area contributed by atoms with Gasteiger partial charge < -0.3 is 4.90 Å². The molecule has 0 atom stereocenters. The first-order valence-electron chi connectivity index (χ1n) is 9.79. The van der Waals surface area contributed by atoms with E-state index < -0.39 is 0 Å². The molecule has 1 amide bonds. The number of halogens is 1. The molecule has 31 heavy (non-hydrogen) atoms. The molecule has 0 spiro atoms. The third kappa shape index (κ3) is 4.22. The van der Waals surface area contributed by atoms with Gasteiger partial charge in [-0.2, -0.15) is 5.26 Å². The van der Waals surface area contributed by atoms with Gasteiger partial charge in [0.25, 0.3) is 0 Å². The molecule has 2 aromatic carbocycles. The molecule has 0 N–H and O–H groups in total. The first-order valence-corrected chi connectivity index (χ1v) is 11.2. The zero-order valence-electron chi connectivity index (χ0n) is 17.2. The maximum absolute atomic E-state index is 13.1. The van der Waals surface area contributed by atoms with Crippen molar-refractivity contribution in [3.63, 3.8) is 0 Å². The van der Waals surface area contributed by atoms with Crippen molar-refractivity contribution in [3.05, 3.63) is 64.7 Å². The summed E-state index contributed by atoms with van der Waals surface area (Å²) in [6.45, 7) is 4.26. The smallest absolute Gasteiger partial charge is 0.237 e. The van der Waals surface area contributed by atoms with Gasteiger partial charge in [0.2, 0.25) is 5.91 Å². The summed E-state index contributed by atoms with van der Waals surface area (Å²) < 4.78 is 1.98. The number of benzene rings is 2. The Hall–Kier alpha value is -3.08. The minimum atomic E-state index is -0.102. The van der Waals surface area contributed by atoms with Crippen LogP contribution in [0.2, 0.25) is 5.02 Å². The SMILES string of the molecule is Cc1cc(N(CCC#N)C(=O)CSc2nnc3cc(C)c4ccccc4n23)ccc1Cl. The van der Waals surface area contributed by atoms with E-state index in [1.807, 2.05) is 41.7 Å². The standard InChI is InChI=1S/C23H20ClN5OS/c1-15-13-21-26-27-23(29(21)20-7-4-3-6-18(15)20)31-14-22(30)28(11-5-10-25)17-8-9-19(24)16(2)12-17/h3-4,6-9,12-13H,5,11,14H2,1-2H3. The molecule has 2 aromatic heterocycles. The Labute approximate surface area is 189 Å². The number of thioether (sulfide) groups is 1. The second-order valence-electron chi connectivity index (χ2n) is 7.20. The molecule has 8 heteroatoms. The van der Waals surface area contributed by atoms with Gasteiger partial charge in [0.15, 0.2) is 10.8 Å². The van der Waals surface area contributed by atoms with Crippen LogP contribution in [0, 0.1) is 25.2 Å². The van der Waals surface area contributed by atoms with E-state index in [2.05, 4.69) is 29.3 Å². The average molecular weight is 450 g/mol. The molecular formula is C23H20ClN5OS. The molecule has 4 rings (SSSR count). The van der Waals surface area contributed by atoms with Crippen molar-refractivity contribution in [2.24, 2.45) is 0 Å². The molecule has 0 aliphatic heterocycles. The maximum atomic E-state index is 13.1. The van der Waals surface area contributed by atoms with Crippen LogP contribution in [-0.2, 0) is 4.79 Å². The van der Waals surface area contributed by atoms with Crippen LogP contribution >= 0.6 is 23.4 Å². The van der Waals surface area contributed by atoms with E-state index in [0.717, 1.165) is 33.4 Å².